The van der Waals surface area contributed by atoms with Crippen molar-refractivity contribution in [3.8, 4) is 0 Å². The van der Waals surface area contributed by atoms with E-state index in [4.69, 9.17) is 0 Å². The van der Waals surface area contributed by atoms with E-state index in [0.29, 0.717) is 11.4 Å². The predicted molar refractivity (Wildman–Crippen MR) is 121 cm³/mol. The van der Waals surface area contributed by atoms with Crippen molar-refractivity contribution in [3.63, 3.8) is 0 Å². The third-order valence-electron chi connectivity index (χ3n) is 5.01. The Morgan fingerprint density at radius 1 is 1.03 bits per heavy atom. The molecule has 0 aromatic heterocycles. The van der Waals surface area contributed by atoms with Crippen LogP contribution in [-0.4, -0.2) is 38.2 Å². The van der Waals surface area contributed by atoms with E-state index in [1.165, 1.54) is 47.4 Å². The first kappa shape index (κ1) is 22.0. The Kier molecular flexibility index (Phi) is 5.80. The number of fused-ring (bicyclic) bond motifs is 1. The lowest BCUT2D eigenvalue weighted by molar-refractivity contribution is -0.384. The lowest BCUT2D eigenvalue weighted by Gasteiger charge is -2.31. The van der Waals surface area contributed by atoms with Gasteiger partial charge in [-0.1, -0.05) is 36.4 Å². The zero-order chi connectivity index (χ0) is 23.6. The molecule has 0 unspecified atom stereocenters. The summed E-state index contributed by atoms with van der Waals surface area (Å²) >= 11 is 0. The van der Waals surface area contributed by atoms with Gasteiger partial charge in [0.15, 0.2) is 0 Å². The highest BCUT2D eigenvalue weighted by Gasteiger charge is 2.33. The van der Waals surface area contributed by atoms with Gasteiger partial charge in [0.1, 0.15) is 13.1 Å². The number of benzene rings is 3. The topological polar surface area (TPSA) is 130 Å². The third kappa shape index (κ3) is 4.39. The number of nitrogens with one attached hydrogen (secondary N) is 1. The van der Waals surface area contributed by atoms with Crippen LogP contribution in [-0.2, 0) is 19.6 Å². The van der Waals surface area contributed by atoms with Crippen molar-refractivity contribution in [2.24, 2.45) is 0 Å². The minimum Gasteiger partial charge on any atom is -0.323 e. The van der Waals surface area contributed by atoms with Gasteiger partial charge in [-0.05, 0) is 30.3 Å². The standard InChI is InChI=1S/C22H18N4O6S/c27-21-14-24(20-12-5-4-11-19(20)23-21)22(28)15-25(16-7-6-8-17(13-16)26(29)30)33(31,32)18-9-2-1-3-10-18/h1-13H,14-15H2,(H,23,27). The average Bonchev–Trinajstić information content (AvgIpc) is 2.82. The normalized spacial score (nSPS) is 13.1. The Hall–Kier alpha value is -4.25. The molecule has 0 radical (unpaired) electrons. The SMILES string of the molecule is O=C1CN(C(=O)CN(c2cccc([N+](=O)[O-])c2)S(=O)(=O)c2ccccc2)c2ccccc2N1. The lowest BCUT2D eigenvalue weighted by Crippen LogP contribution is -2.48. The number of carbonyl (C=O) groups is 2. The van der Waals surface area contributed by atoms with Crippen LogP contribution in [0.1, 0.15) is 0 Å². The molecule has 4 rings (SSSR count). The second-order valence-corrected chi connectivity index (χ2v) is 9.01. The maximum atomic E-state index is 13.4. The molecule has 0 saturated heterocycles. The highest BCUT2D eigenvalue weighted by molar-refractivity contribution is 7.92. The fourth-order valence-corrected chi connectivity index (χ4v) is 4.89. The highest BCUT2D eigenvalue weighted by Crippen LogP contribution is 2.31. The number of non-ortho nitro benzene ring substituents is 1. The molecule has 0 fully saturated rings. The number of nitro benzene ring substituents is 1. The first-order chi connectivity index (χ1) is 15.8. The molecule has 33 heavy (non-hydrogen) atoms. The summed E-state index contributed by atoms with van der Waals surface area (Å²) in [7, 11) is -4.26. The van der Waals surface area contributed by atoms with Gasteiger partial charge >= 0.3 is 0 Å². The lowest BCUT2D eigenvalue weighted by atomic mass is 10.2. The first-order valence-electron chi connectivity index (χ1n) is 9.79. The van der Waals surface area contributed by atoms with E-state index in [0.717, 1.165) is 10.4 Å². The summed E-state index contributed by atoms with van der Waals surface area (Å²) < 4.78 is 27.7. The molecule has 11 heteroatoms. The van der Waals surface area contributed by atoms with Crippen LogP contribution in [0.5, 0.6) is 0 Å². The summed E-state index contributed by atoms with van der Waals surface area (Å²) in [5.74, 6) is -1.09. The molecule has 0 atom stereocenters. The van der Waals surface area contributed by atoms with Crippen molar-refractivity contribution in [3.05, 3.63) is 89.0 Å². The predicted octanol–water partition coefficient (Wildman–Crippen LogP) is 2.78. The van der Waals surface area contributed by atoms with Gasteiger partial charge in [-0.3, -0.25) is 28.9 Å². The van der Waals surface area contributed by atoms with Gasteiger partial charge in [0, 0.05) is 12.1 Å². The summed E-state index contributed by atoms with van der Waals surface area (Å²) in [6.45, 7) is -0.954. The molecule has 0 bridgehead atoms. The maximum Gasteiger partial charge on any atom is 0.271 e. The Morgan fingerprint density at radius 2 is 1.73 bits per heavy atom. The van der Waals surface area contributed by atoms with E-state index in [-0.39, 0.29) is 22.8 Å². The number of nitrogens with zero attached hydrogens (tertiary/aromatic N) is 3. The van der Waals surface area contributed by atoms with E-state index in [1.54, 1.807) is 30.3 Å². The number of para-hydroxylation sites is 2. The van der Waals surface area contributed by atoms with Crippen LogP contribution in [0.15, 0.2) is 83.8 Å². The van der Waals surface area contributed by atoms with Crippen LogP contribution in [0.4, 0.5) is 22.7 Å². The molecule has 0 spiro atoms. The molecule has 2 amide bonds. The fraction of sp³-hybridized carbons (Fsp3) is 0.0909. The van der Waals surface area contributed by atoms with E-state index < -0.39 is 33.3 Å². The summed E-state index contributed by atoms with van der Waals surface area (Å²) in [6, 6.07) is 19.1. The molecular formula is C22H18N4O6S. The van der Waals surface area contributed by atoms with E-state index >= 15 is 0 Å². The molecule has 168 valence electrons. The summed E-state index contributed by atoms with van der Waals surface area (Å²) in [6.07, 6.45) is 0. The quantitative estimate of drug-likeness (QED) is 0.439. The molecule has 1 heterocycles. The number of hydrogen-bond donors (Lipinski definition) is 1. The van der Waals surface area contributed by atoms with Crippen molar-refractivity contribution in [2.45, 2.75) is 4.90 Å². The molecule has 1 N–H and O–H groups in total. The molecule has 3 aromatic rings. The van der Waals surface area contributed by atoms with Crippen LogP contribution in [0.25, 0.3) is 0 Å². The van der Waals surface area contributed by atoms with Gasteiger partial charge in [0.2, 0.25) is 11.8 Å². The van der Waals surface area contributed by atoms with Crippen LogP contribution < -0.4 is 14.5 Å². The molecule has 1 aliphatic rings. The van der Waals surface area contributed by atoms with Crippen molar-refractivity contribution >= 4 is 44.6 Å². The minimum absolute atomic E-state index is 0.0452. The summed E-state index contributed by atoms with van der Waals surface area (Å²) in [4.78, 5) is 37.1. The Balaban J connectivity index is 1.76. The van der Waals surface area contributed by atoms with Crippen LogP contribution >= 0.6 is 0 Å². The molecule has 3 aromatic carbocycles. The van der Waals surface area contributed by atoms with Gasteiger partial charge in [0.25, 0.3) is 15.7 Å². The summed E-state index contributed by atoms with van der Waals surface area (Å²) in [5.41, 5.74) is 0.486. The van der Waals surface area contributed by atoms with Gasteiger partial charge < -0.3 is 5.32 Å². The van der Waals surface area contributed by atoms with E-state index in [2.05, 4.69) is 5.32 Å². The largest absolute Gasteiger partial charge is 0.323 e. The van der Waals surface area contributed by atoms with Crippen molar-refractivity contribution in [2.75, 3.05) is 27.6 Å². The zero-order valence-corrected chi connectivity index (χ0v) is 17.9. The average molecular weight is 466 g/mol. The molecule has 10 nitrogen and oxygen atoms in total. The van der Waals surface area contributed by atoms with Crippen LogP contribution in [0, 0.1) is 10.1 Å². The van der Waals surface area contributed by atoms with Gasteiger partial charge in [-0.2, -0.15) is 0 Å². The molecular weight excluding hydrogens is 448 g/mol. The monoisotopic (exact) mass is 466 g/mol. The van der Waals surface area contributed by atoms with E-state index in [9.17, 15) is 28.1 Å². The molecule has 0 aliphatic carbocycles. The summed E-state index contributed by atoms with van der Waals surface area (Å²) in [5, 5.41) is 13.9. The number of carbonyl (C=O) groups excluding carboxylic acids is 2. The number of nitro groups is 1. The third-order valence-corrected chi connectivity index (χ3v) is 6.80. The van der Waals surface area contributed by atoms with Crippen molar-refractivity contribution in [1.82, 2.24) is 0 Å². The zero-order valence-electron chi connectivity index (χ0n) is 17.1. The van der Waals surface area contributed by atoms with Crippen LogP contribution in [0.2, 0.25) is 0 Å². The van der Waals surface area contributed by atoms with Gasteiger partial charge in [0.05, 0.1) is 26.9 Å². The van der Waals surface area contributed by atoms with Crippen molar-refractivity contribution in [1.29, 1.82) is 0 Å². The number of amides is 2. The Bertz CT molecular complexity index is 1340. The Labute approximate surface area is 189 Å². The number of anilines is 3. The smallest absolute Gasteiger partial charge is 0.271 e. The first-order valence-corrected chi connectivity index (χ1v) is 11.2. The molecule has 0 saturated carbocycles. The highest BCUT2D eigenvalue weighted by atomic mass is 32.2. The number of hydrogen-bond acceptors (Lipinski definition) is 6. The van der Waals surface area contributed by atoms with Crippen LogP contribution in [0.3, 0.4) is 0 Å². The number of rotatable bonds is 6. The second-order valence-electron chi connectivity index (χ2n) is 7.15. The number of sulfonamides is 1. The Morgan fingerprint density at radius 3 is 2.45 bits per heavy atom. The van der Waals surface area contributed by atoms with Gasteiger partial charge in [-0.25, -0.2) is 8.42 Å². The van der Waals surface area contributed by atoms with Crippen molar-refractivity contribution < 1.29 is 22.9 Å². The fourth-order valence-electron chi connectivity index (χ4n) is 3.46. The minimum atomic E-state index is -4.26. The second kappa shape index (κ2) is 8.71. The van der Waals surface area contributed by atoms with Gasteiger partial charge in [-0.15, -0.1) is 0 Å². The molecule has 1 aliphatic heterocycles. The maximum absolute atomic E-state index is 13.4. The van der Waals surface area contributed by atoms with E-state index in [1.807, 2.05) is 0 Å².